The fourth-order valence-corrected chi connectivity index (χ4v) is 1.19. The summed E-state index contributed by atoms with van der Waals surface area (Å²) in [5.41, 5.74) is 0. The van der Waals surface area contributed by atoms with Crippen LogP contribution in [0.5, 0.6) is 0 Å². The summed E-state index contributed by atoms with van der Waals surface area (Å²) in [4.78, 5) is 11.2. The number of carbonyl (C=O) groups excluding carboxylic acids is 1. The molecule has 12 heavy (non-hydrogen) atoms. The Morgan fingerprint density at radius 2 is 2.25 bits per heavy atom. The van der Waals surface area contributed by atoms with Crippen LogP contribution in [0.15, 0.2) is 0 Å². The molecule has 0 aromatic heterocycles. The van der Waals surface area contributed by atoms with Crippen LogP contribution in [-0.4, -0.2) is 31.9 Å². The Kier molecular flexibility index (Phi) is 3.11. The van der Waals surface area contributed by atoms with Gasteiger partial charge in [-0.2, -0.15) is 0 Å². The van der Waals surface area contributed by atoms with E-state index in [1.807, 2.05) is 0 Å². The highest BCUT2D eigenvalue weighted by molar-refractivity contribution is 6.43. The van der Waals surface area contributed by atoms with Crippen LogP contribution in [0.1, 0.15) is 13.8 Å². The van der Waals surface area contributed by atoms with E-state index in [9.17, 15) is 4.79 Å². The highest BCUT2D eigenvalue weighted by Crippen LogP contribution is 2.16. The van der Waals surface area contributed by atoms with Crippen molar-refractivity contribution in [1.82, 2.24) is 0 Å². The van der Waals surface area contributed by atoms with Crippen LogP contribution in [0, 0.1) is 0 Å². The lowest BCUT2D eigenvalue weighted by atomic mass is 9.97. The molecule has 1 heterocycles. The molecule has 2 atom stereocenters. The van der Waals surface area contributed by atoms with Gasteiger partial charge in [0.2, 0.25) is 0 Å². The van der Waals surface area contributed by atoms with Gasteiger partial charge in [0.15, 0.2) is 6.10 Å². The standard InChI is InChI=1S/C7H13BO4/c1-4-10-7(9)6-5(2)11-8(3)12-6/h5-6H,4H2,1-3H3. The van der Waals surface area contributed by atoms with Crippen molar-refractivity contribution in [2.45, 2.75) is 32.9 Å². The lowest BCUT2D eigenvalue weighted by Gasteiger charge is -2.11. The van der Waals surface area contributed by atoms with Gasteiger partial charge in [0.1, 0.15) is 0 Å². The van der Waals surface area contributed by atoms with Crippen molar-refractivity contribution in [2.24, 2.45) is 0 Å². The minimum atomic E-state index is -0.556. The van der Waals surface area contributed by atoms with E-state index in [2.05, 4.69) is 0 Å². The van der Waals surface area contributed by atoms with Gasteiger partial charge < -0.3 is 14.0 Å². The minimum Gasteiger partial charge on any atom is -0.464 e. The Labute approximate surface area is 72.3 Å². The van der Waals surface area contributed by atoms with Crippen molar-refractivity contribution in [3.8, 4) is 0 Å². The predicted molar refractivity (Wildman–Crippen MR) is 43.7 cm³/mol. The topological polar surface area (TPSA) is 44.8 Å². The van der Waals surface area contributed by atoms with Crippen LogP contribution < -0.4 is 0 Å². The molecule has 2 unspecified atom stereocenters. The number of hydrogen-bond acceptors (Lipinski definition) is 4. The maximum absolute atomic E-state index is 11.2. The zero-order valence-electron chi connectivity index (χ0n) is 7.57. The average molecular weight is 172 g/mol. The Balaban J connectivity index is 2.46. The first-order valence-corrected chi connectivity index (χ1v) is 4.12. The molecule has 5 heteroatoms. The molecule has 4 nitrogen and oxygen atoms in total. The first-order valence-electron chi connectivity index (χ1n) is 4.12. The summed E-state index contributed by atoms with van der Waals surface area (Å²) in [7, 11) is -0.311. The van der Waals surface area contributed by atoms with Crippen molar-refractivity contribution in [3.63, 3.8) is 0 Å². The van der Waals surface area contributed by atoms with Gasteiger partial charge in [-0.05, 0) is 20.7 Å². The van der Waals surface area contributed by atoms with E-state index in [1.165, 1.54) is 0 Å². The molecule has 1 rings (SSSR count). The number of rotatable bonds is 2. The lowest BCUT2D eigenvalue weighted by molar-refractivity contribution is -0.152. The molecule has 0 bridgehead atoms. The summed E-state index contributed by atoms with van der Waals surface area (Å²) >= 11 is 0. The Morgan fingerprint density at radius 1 is 1.58 bits per heavy atom. The molecule has 1 fully saturated rings. The number of ether oxygens (including phenoxy) is 1. The minimum absolute atomic E-state index is 0.209. The Morgan fingerprint density at radius 3 is 2.67 bits per heavy atom. The summed E-state index contributed by atoms with van der Waals surface area (Å²) < 4.78 is 15.2. The van der Waals surface area contributed by atoms with Gasteiger partial charge in [0.05, 0.1) is 12.7 Å². The molecule has 1 saturated heterocycles. The molecular weight excluding hydrogens is 159 g/mol. The molecule has 0 radical (unpaired) electrons. The van der Waals surface area contributed by atoms with Crippen LogP contribution >= 0.6 is 0 Å². The highest BCUT2D eigenvalue weighted by atomic mass is 16.7. The van der Waals surface area contributed by atoms with Gasteiger partial charge in [-0.3, -0.25) is 0 Å². The zero-order valence-corrected chi connectivity index (χ0v) is 7.57. The molecule has 0 aromatic carbocycles. The van der Waals surface area contributed by atoms with Gasteiger partial charge in [-0.15, -0.1) is 0 Å². The van der Waals surface area contributed by atoms with Crippen LogP contribution in [-0.2, 0) is 18.8 Å². The SMILES string of the molecule is CCOC(=O)C1OB(C)OC1C. The van der Waals surface area contributed by atoms with E-state index in [1.54, 1.807) is 20.7 Å². The van der Waals surface area contributed by atoms with E-state index >= 15 is 0 Å². The smallest absolute Gasteiger partial charge is 0.454 e. The molecular formula is C7H13BO4. The Hall–Kier alpha value is -0.545. The largest absolute Gasteiger partial charge is 0.464 e. The summed E-state index contributed by atoms with van der Waals surface area (Å²) in [5.74, 6) is -0.339. The van der Waals surface area contributed by atoms with Crippen molar-refractivity contribution in [2.75, 3.05) is 6.61 Å². The number of carbonyl (C=O) groups is 1. The zero-order chi connectivity index (χ0) is 9.14. The van der Waals surface area contributed by atoms with Gasteiger partial charge in [0.25, 0.3) is 0 Å². The summed E-state index contributed by atoms with van der Waals surface area (Å²) in [6, 6.07) is 0. The molecule has 1 aliphatic heterocycles. The fraction of sp³-hybridized carbons (Fsp3) is 0.857. The van der Waals surface area contributed by atoms with E-state index in [0.717, 1.165) is 0 Å². The van der Waals surface area contributed by atoms with Crippen molar-refractivity contribution in [3.05, 3.63) is 0 Å². The van der Waals surface area contributed by atoms with Gasteiger partial charge in [0, 0.05) is 0 Å². The van der Waals surface area contributed by atoms with Gasteiger partial charge >= 0.3 is 13.1 Å². The molecule has 0 saturated carbocycles. The average Bonchev–Trinajstić information content (AvgIpc) is 2.30. The monoisotopic (exact) mass is 172 g/mol. The third-order valence-corrected chi connectivity index (χ3v) is 1.69. The predicted octanol–water partition coefficient (Wildman–Crippen LogP) is 0.471. The third kappa shape index (κ3) is 1.98. The second-order valence-electron chi connectivity index (χ2n) is 2.72. The summed E-state index contributed by atoms with van der Waals surface area (Å²) in [6.45, 7) is 5.70. The summed E-state index contributed by atoms with van der Waals surface area (Å²) in [6.07, 6.45) is -0.765. The van der Waals surface area contributed by atoms with E-state index < -0.39 is 6.10 Å². The second kappa shape index (κ2) is 3.91. The van der Waals surface area contributed by atoms with Crippen LogP contribution in [0.3, 0.4) is 0 Å². The van der Waals surface area contributed by atoms with Gasteiger partial charge in [-0.1, -0.05) is 0 Å². The van der Waals surface area contributed by atoms with E-state index in [-0.39, 0.29) is 19.2 Å². The highest BCUT2D eigenvalue weighted by Gasteiger charge is 2.39. The normalized spacial score (nSPS) is 29.1. The Bertz CT molecular complexity index is 173. The first kappa shape index (κ1) is 9.54. The van der Waals surface area contributed by atoms with Crippen LogP contribution in [0.4, 0.5) is 0 Å². The maximum atomic E-state index is 11.2. The first-order chi connectivity index (χ1) is 5.65. The van der Waals surface area contributed by atoms with Crippen LogP contribution in [0.2, 0.25) is 6.82 Å². The number of hydrogen-bond donors (Lipinski definition) is 0. The maximum Gasteiger partial charge on any atom is 0.454 e. The van der Waals surface area contributed by atoms with Crippen LogP contribution in [0.25, 0.3) is 0 Å². The van der Waals surface area contributed by atoms with Crippen molar-refractivity contribution in [1.29, 1.82) is 0 Å². The lowest BCUT2D eigenvalue weighted by Crippen LogP contribution is -2.31. The van der Waals surface area contributed by atoms with Crippen molar-refractivity contribution < 1.29 is 18.8 Å². The molecule has 0 amide bonds. The molecule has 0 N–H and O–H groups in total. The molecule has 0 aromatic rings. The van der Waals surface area contributed by atoms with E-state index in [0.29, 0.717) is 6.61 Å². The fourth-order valence-electron chi connectivity index (χ4n) is 1.19. The van der Waals surface area contributed by atoms with Crippen molar-refractivity contribution >= 4 is 13.1 Å². The quantitative estimate of drug-likeness (QED) is 0.448. The molecule has 1 aliphatic rings. The molecule has 68 valence electrons. The number of esters is 1. The second-order valence-corrected chi connectivity index (χ2v) is 2.72. The van der Waals surface area contributed by atoms with Gasteiger partial charge in [-0.25, -0.2) is 4.79 Å². The molecule has 0 spiro atoms. The summed E-state index contributed by atoms with van der Waals surface area (Å²) in [5, 5.41) is 0. The third-order valence-electron chi connectivity index (χ3n) is 1.69. The molecule has 0 aliphatic carbocycles. The van der Waals surface area contributed by atoms with E-state index in [4.69, 9.17) is 14.0 Å².